The summed E-state index contributed by atoms with van der Waals surface area (Å²) in [6, 6.07) is 3.99. The fraction of sp³-hybridized carbons (Fsp3) is 0.533. The SMILES string of the molecule is CC1Cc2cc(C3(C(=O)O)CCCC3)cc(Br)c2O1. The molecule has 1 fully saturated rings. The van der Waals surface area contributed by atoms with Crippen molar-refractivity contribution in [3.8, 4) is 5.75 Å². The second kappa shape index (κ2) is 4.51. The highest BCUT2D eigenvalue weighted by Gasteiger charge is 2.43. The van der Waals surface area contributed by atoms with Crippen molar-refractivity contribution in [3.05, 3.63) is 27.7 Å². The van der Waals surface area contributed by atoms with Gasteiger partial charge < -0.3 is 9.84 Å². The number of fused-ring (bicyclic) bond motifs is 1. The lowest BCUT2D eigenvalue weighted by Crippen LogP contribution is -2.32. The van der Waals surface area contributed by atoms with E-state index in [0.29, 0.717) is 0 Å². The van der Waals surface area contributed by atoms with Crippen LogP contribution in [0.2, 0.25) is 0 Å². The second-order valence-corrected chi connectivity index (χ2v) is 6.53. The van der Waals surface area contributed by atoms with Crippen LogP contribution >= 0.6 is 15.9 Å². The highest BCUT2D eigenvalue weighted by Crippen LogP contribution is 2.46. The van der Waals surface area contributed by atoms with Crippen molar-refractivity contribution in [2.75, 3.05) is 0 Å². The van der Waals surface area contributed by atoms with Crippen LogP contribution in [0.5, 0.6) is 5.75 Å². The normalized spacial score (nSPS) is 24.0. The first kappa shape index (κ1) is 13.0. The predicted octanol–water partition coefficient (Wildman–Crippen LogP) is 3.67. The molecule has 1 aromatic carbocycles. The molecule has 0 bridgehead atoms. The number of hydrogen-bond donors (Lipinski definition) is 1. The zero-order chi connectivity index (χ0) is 13.6. The third-order valence-corrected chi connectivity index (χ3v) is 4.96. The van der Waals surface area contributed by atoms with Gasteiger partial charge in [0.05, 0.1) is 9.89 Å². The molecule has 1 aromatic rings. The van der Waals surface area contributed by atoms with E-state index in [1.54, 1.807) is 0 Å². The Morgan fingerprint density at radius 2 is 2.11 bits per heavy atom. The molecule has 0 amide bonds. The van der Waals surface area contributed by atoms with E-state index in [9.17, 15) is 9.90 Å². The first-order valence-electron chi connectivity index (χ1n) is 6.76. The van der Waals surface area contributed by atoms with E-state index in [1.165, 1.54) is 0 Å². The quantitative estimate of drug-likeness (QED) is 0.902. The molecule has 1 heterocycles. The molecule has 102 valence electrons. The number of benzene rings is 1. The van der Waals surface area contributed by atoms with Crippen LogP contribution < -0.4 is 4.74 Å². The summed E-state index contributed by atoms with van der Waals surface area (Å²) < 4.78 is 6.64. The molecule has 0 spiro atoms. The first-order chi connectivity index (χ1) is 9.03. The minimum atomic E-state index is -0.691. The monoisotopic (exact) mass is 324 g/mol. The van der Waals surface area contributed by atoms with Crippen molar-refractivity contribution in [1.29, 1.82) is 0 Å². The van der Waals surface area contributed by atoms with Crippen LogP contribution in [0.25, 0.3) is 0 Å². The topological polar surface area (TPSA) is 46.5 Å². The molecular formula is C15H17BrO3. The summed E-state index contributed by atoms with van der Waals surface area (Å²) in [5, 5.41) is 9.66. The van der Waals surface area contributed by atoms with Crippen LogP contribution in [0.3, 0.4) is 0 Å². The van der Waals surface area contributed by atoms with Crippen molar-refractivity contribution in [2.24, 2.45) is 0 Å². The van der Waals surface area contributed by atoms with Gasteiger partial charge in [-0.3, -0.25) is 4.79 Å². The molecule has 1 aliphatic carbocycles. The summed E-state index contributed by atoms with van der Waals surface area (Å²) in [6.07, 6.45) is 4.50. The smallest absolute Gasteiger partial charge is 0.314 e. The van der Waals surface area contributed by atoms with E-state index in [-0.39, 0.29) is 6.10 Å². The zero-order valence-corrected chi connectivity index (χ0v) is 12.5. The molecule has 1 unspecified atom stereocenters. The van der Waals surface area contributed by atoms with Gasteiger partial charge in [-0.05, 0) is 52.9 Å². The molecule has 1 atom stereocenters. The molecule has 1 aliphatic heterocycles. The number of aliphatic carboxylic acids is 1. The van der Waals surface area contributed by atoms with Gasteiger partial charge in [0.25, 0.3) is 0 Å². The fourth-order valence-electron chi connectivity index (χ4n) is 3.37. The van der Waals surface area contributed by atoms with Crippen molar-refractivity contribution >= 4 is 21.9 Å². The number of halogens is 1. The highest BCUT2D eigenvalue weighted by molar-refractivity contribution is 9.10. The Balaban J connectivity index is 2.09. The van der Waals surface area contributed by atoms with Crippen molar-refractivity contribution in [1.82, 2.24) is 0 Å². The van der Waals surface area contributed by atoms with Gasteiger partial charge in [0.1, 0.15) is 11.9 Å². The standard InChI is InChI=1S/C15H17BrO3/c1-9-6-10-7-11(8-12(16)13(10)19-9)15(14(17)18)4-2-3-5-15/h7-9H,2-6H2,1H3,(H,17,18). The van der Waals surface area contributed by atoms with Crippen LogP contribution in [0.1, 0.15) is 43.7 Å². The third kappa shape index (κ3) is 1.97. The zero-order valence-electron chi connectivity index (χ0n) is 10.9. The number of hydrogen-bond acceptors (Lipinski definition) is 2. The van der Waals surface area contributed by atoms with E-state index in [2.05, 4.69) is 15.9 Å². The summed E-state index contributed by atoms with van der Waals surface area (Å²) >= 11 is 3.53. The molecule has 0 aromatic heterocycles. The second-order valence-electron chi connectivity index (χ2n) is 5.67. The van der Waals surface area contributed by atoms with Gasteiger partial charge in [-0.2, -0.15) is 0 Å². The average molecular weight is 325 g/mol. The van der Waals surface area contributed by atoms with E-state index in [0.717, 1.165) is 53.5 Å². The molecule has 3 nitrogen and oxygen atoms in total. The average Bonchev–Trinajstić information content (AvgIpc) is 2.94. The van der Waals surface area contributed by atoms with Gasteiger partial charge in [-0.1, -0.05) is 18.9 Å². The van der Waals surface area contributed by atoms with E-state index >= 15 is 0 Å². The Bertz CT molecular complexity index is 532. The van der Waals surface area contributed by atoms with Crippen LogP contribution in [0, 0.1) is 0 Å². The maximum atomic E-state index is 11.8. The third-order valence-electron chi connectivity index (χ3n) is 4.37. The van der Waals surface area contributed by atoms with Crippen LogP contribution in [0.15, 0.2) is 16.6 Å². The highest BCUT2D eigenvalue weighted by atomic mass is 79.9. The fourth-order valence-corrected chi connectivity index (χ4v) is 3.96. The summed E-state index contributed by atoms with van der Waals surface area (Å²) in [4.78, 5) is 11.8. The molecular weight excluding hydrogens is 308 g/mol. The number of carbonyl (C=O) groups is 1. The van der Waals surface area contributed by atoms with Crippen LogP contribution in [-0.2, 0) is 16.6 Å². The molecule has 4 heteroatoms. The maximum absolute atomic E-state index is 11.8. The van der Waals surface area contributed by atoms with Crippen LogP contribution in [0.4, 0.5) is 0 Å². The summed E-state index contributed by atoms with van der Waals surface area (Å²) in [5.41, 5.74) is 1.37. The molecule has 3 rings (SSSR count). The summed E-state index contributed by atoms with van der Waals surface area (Å²) in [5.74, 6) is 0.193. The molecule has 1 saturated carbocycles. The largest absolute Gasteiger partial charge is 0.489 e. The Kier molecular flexibility index (Phi) is 3.08. The van der Waals surface area contributed by atoms with E-state index in [1.807, 2.05) is 19.1 Å². The number of carboxylic acid groups (broad SMARTS) is 1. The van der Waals surface area contributed by atoms with Crippen LogP contribution in [-0.4, -0.2) is 17.2 Å². The Morgan fingerprint density at radius 1 is 1.42 bits per heavy atom. The minimum absolute atomic E-state index is 0.172. The predicted molar refractivity (Wildman–Crippen MR) is 75.7 cm³/mol. The lowest BCUT2D eigenvalue weighted by molar-refractivity contribution is -0.143. The maximum Gasteiger partial charge on any atom is 0.314 e. The Morgan fingerprint density at radius 3 is 2.74 bits per heavy atom. The van der Waals surface area contributed by atoms with Crippen molar-refractivity contribution < 1.29 is 14.6 Å². The molecule has 19 heavy (non-hydrogen) atoms. The van der Waals surface area contributed by atoms with Gasteiger partial charge in [0.15, 0.2) is 0 Å². The molecule has 2 aliphatic rings. The lowest BCUT2D eigenvalue weighted by atomic mass is 9.78. The number of rotatable bonds is 2. The number of carboxylic acids is 1. The van der Waals surface area contributed by atoms with Gasteiger partial charge in [0.2, 0.25) is 0 Å². The van der Waals surface area contributed by atoms with Gasteiger partial charge in [0, 0.05) is 6.42 Å². The molecule has 1 N–H and O–H groups in total. The lowest BCUT2D eigenvalue weighted by Gasteiger charge is -2.25. The summed E-state index contributed by atoms with van der Waals surface area (Å²) in [7, 11) is 0. The van der Waals surface area contributed by atoms with Crippen molar-refractivity contribution in [3.63, 3.8) is 0 Å². The van der Waals surface area contributed by atoms with Gasteiger partial charge in [-0.25, -0.2) is 0 Å². The van der Waals surface area contributed by atoms with Gasteiger partial charge in [-0.15, -0.1) is 0 Å². The minimum Gasteiger partial charge on any atom is -0.489 e. The summed E-state index contributed by atoms with van der Waals surface area (Å²) in [6.45, 7) is 2.04. The Labute approximate surface area is 121 Å². The Hall–Kier alpha value is -1.03. The molecule has 0 radical (unpaired) electrons. The molecule has 0 saturated heterocycles. The van der Waals surface area contributed by atoms with E-state index < -0.39 is 11.4 Å². The van der Waals surface area contributed by atoms with Crippen molar-refractivity contribution in [2.45, 2.75) is 50.5 Å². The van der Waals surface area contributed by atoms with Gasteiger partial charge >= 0.3 is 5.97 Å². The first-order valence-corrected chi connectivity index (χ1v) is 7.55. The van der Waals surface area contributed by atoms with E-state index in [4.69, 9.17) is 4.74 Å². The number of ether oxygens (including phenoxy) is 1.